The quantitative estimate of drug-likeness (QED) is 0.421. The van der Waals surface area contributed by atoms with E-state index in [0.29, 0.717) is 45.3 Å². The second-order valence-corrected chi connectivity index (χ2v) is 8.08. The van der Waals surface area contributed by atoms with Gasteiger partial charge in [-0.25, -0.2) is 4.68 Å². The fourth-order valence-electron chi connectivity index (χ4n) is 3.65. The van der Waals surface area contributed by atoms with Gasteiger partial charge in [0.05, 0.1) is 24.9 Å². The molecular weight excluding hydrogens is 418 g/mol. The van der Waals surface area contributed by atoms with Crippen molar-refractivity contribution in [2.75, 3.05) is 40.0 Å². The summed E-state index contributed by atoms with van der Waals surface area (Å²) in [7, 11) is 3.57. The Morgan fingerprint density at radius 1 is 1.09 bits per heavy atom. The molecule has 0 bridgehead atoms. The molecule has 0 spiro atoms. The Balaban J connectivity index is 1.95. The van der Waals surface area contributed by atoms with E-state index < -0.39 is 6.10 Å². The lowest BCUT2D eigenvalue weighted by molar-refractivity contribution is 0.0148. The number of hydrogen-bond donors (Lipinski definition) is 1. The maximum atomic E-state index is 10.5. The minimum atomic E-state index is -0.597. The van der Waals surface area contributed by atoms with E-state index in [9.17, 15) is 5.11 Å². The average molecular weight is 454 g/mol. The van der Waals surface area contributed by atoms with Gasteiger partial charge < -0.3 is 19.3 Å². The van der Waals surface area contributed by atoms with Crippen LogP contribution in [0.1, 0.15) is 18.1 Å². The van der Waals surface area contributed by atoms with Crippen molar-refractivity contribution in [3.8, 4) is 22.9 Å². The summed E-state index contributed by atoms with van der Waals surface area (Å²) in [6.07, 6.45) is -0.597. The summed E-state index contributed by atoms with van der Waals surface area (Å²) in [6, 6.07) is 18.1. The molecule has 7 nitrogen and oxygen atoms in total. The largest absolute Gasteiger partial charge is 0.439 e. The molecule has 178 valence electrons. The molecule has 0 fully saturated rings. The van der Waals surface area contributed by atoms with Crippen molar-refractivity contribution in [2.45, 2.75) is 26.5 Å². The van der Waals surface area contributed by atoms with Crippen molar-refractivity contribution >= 4 is 0 Å². The molecule has 0 amide bonds. The third-order valence-corrected chi connectivity index (χ3v) is 5.35. The van der Waals surface area contributed by atoms with Gasteiger partial charge in [0.15, 0.2) is 0 Å². The molecule has 1 N–H and O–H groups in total. The van der Waals surface area contributed by atoms with Crippen LogP contribution in [0.5, 0.6) is 11.6 Å². The molecule has 0 aliphatic rings. The first-order chi connectivity index (χ1) is 16.0. The number of rotatable bonds is 13. The number of methoxy groups -OCH3 is 1. The molecule has 0 aliphatic carbocycles. The van der Waals surface area contributed by atoms with Crippen LogP contribution in [0.15, 0.2) is 54.6 Å². The van der Waals surface area contributed by atoms with Crippen LogP contribution in [0.2, 0.25) is 0 Å². The highest BCUT2D eigenvalue weighted by Crippen LogP contribution is 2.34. The topological polar surface area (TPSA) is 69.0 Å². The van der Waals surface area contributed by atoms with Crippen LogP contribution < -0.4 is 4.74 Å². The standard InChI is InChI=1S/C26H35N3O4/c1-5-32-19-22(30)17-29(15-16-31-4)18-24-25(21-9-7-6-8-10-21)27-28(3)26(24)33-23-13-11-20(2)12-14-23/h6-14,22,30H,5,15-19H2,1-4H3. The Labute approximate surface area is 196 Å². The van der Waals surface area contributed by atoms with E-state index in [1.165, 1.54) is 5.56 Å². The second-order valence-electron chi connectivity index (χ2n) is 8.08. The molecule has 0 saturated carbocycles. The predicted molar refractivity (Wildman–Crippen MR) is 130 cm³/mol. The Morgan fingerprint density at radius 2 is 1.82 bits per heavy atom. The lowest BCUT2D eigenvalue weighted by Gasteiger charge is -2.25. The van der Waals surface area contributed by atoms with Gasteiger partial charge in [-0.1, -0.05) is 48.0 Å². The predicted octanol–water partition coefficient (Wildman–Crippen LogP) is 4.03. The van der Waals surface area contributed by atoms with E-state index in [-0.39, 0.29) is 0 Å². The van der Waals surface area contributed by atoms with Gasteiger partial charge in [-0.15, -0.1) is 0 Å². The van der Waals surface area contributed by atoms with Gasteiger partial charge in [0.1, 0.15) is 11.4 Å². The molecule has 0 saturated heterocycles. The molecule has 1 atom stereocenters. The fourth-order valence-corrected chi connectivity index (χ4v) is 3.65. The molecule has 0 aliphatic heterocycles. The van der Waals surface area contributed by atoms with Crippen molar-refractivity contribution < 1.29 is 19.3 Å². The zero-order valence-corrected chi connectivity index (χ0v) is 20.0. The van der Waals surface area contributed by atoms with Crippen LogP contribution in [0.25, 0.3) is 11.3 Å². The number of ether oxygens (including phenoxy) is 3. The van der Waals surface area contributed by atoms with Gasteiger partial charge in [0, 0.05) is 46.0 Å². The van der Waals surface area contributed by atoms with Crippen LogP contribution in [0.3, 0.4) is 0 Å². The summed E-state index contributed by atoms with van der Waals surface area (Å²) < 4.78 is 18.8. The van der Waals surface area contributed by atoms with Gasteiger partial charge >= 0.3 is 0 Å². The smallest absolute Gasteiger partial charge is 0.222 e. The van der Waals surface area contributed by atoms with Crippen LogP contribution >= 0.6 is 0 Å². The average Bonchev–Trinajstić information content (AvgIpc) is 3.13. The lowest BCUT2D eigenvalue weighted by Crippen LogP contribution is -2.36. The first-order valence-corrected chi connectivity index (χ1v) is 11.3. The molecule has 3 rings (SSSR count). The number of aryl methyl sites for hydroxylation is 2. The van der Waals surface area contributed by atoms with Crippen LogP contribution in [0.4, 0.5) is 0 Å². The first-order valence-electron chi connectivity index (χ1n) is 11.3. The number of hydrogen-bond acceptors (Lipinski definition) is 6. The number of nitrogens with zero attached hydrogens (tertiary/aromatic N) is 3. The lowest BCUT2D eigenvalue weighted by atomic mass is 10.1. The highest BCUT2D eigenvalue weighted by Gasteiger charge is 2.23. The molecule has 1 heterocycles. The van der Waals surface area contributed by atoms with Gasteiger partial charge in [-0.2, -0.15) is 5.10 Å². The highest BCUT2D eigenvalue weighted by molar-refractivity contribution is 5.65. The maximum absolute atomic E-state index is 10.5. The Hall–Kier alpha value is -2.71. The molecule has 2 aromatic carbocycles. The fraction of sp³-hybridized carbons (Fsp3) is 0.423. The molecule has 33 heavy (non-hydrogen) atoms. The van der Waals surface area contributed by atoms with E-state index in [1.54, 1.807) is 11.8 Å². The molecular formula is C26H35N3O4. The van der Waals surface area contributed by atoms with E-state index in [2.05, 4.69) is 4.90 Å². The number of aliphatic hydroxyl groups is 1. The normalized spacial score (nSPS) is 12.3. The van der Waals surface area contributed by atoms with E-state index in [1.807, 2.05) is 75.5 Å². The molecule has 1 unspecified atom stereocenters. The van der Waals surface area contributed by atoms with Gasteiger partial charge in [0.2, 0.25) is 5.88 Å². The zero-order valence-electron chi connectivity index (χ0n) is 20.0. The van der Waals surface area contributed by atoms with Crippen LogP contribution in [-0.2, 0) is 23.1 Å². The van der Waals surface area contributed by atoms with Crippen molar-refractivity contribution in [3.63, 3.8) is 0 Å². The Morgan fingerprint density at radius 3 is 2.48 bits per heavy atom. The second kappa shape index (κ2) is 12.5. The first kappa shape index (κ1) is 24.9. The summed E-state index contributed by atoms with van der Waals surface area (Å²) in [4.78, 5) is 2.15. The minimum Gasteiger partial charge on any atom is -0.439 e. The summed E-state index contributed by atoms with van der Waals surface area (Å²) in [5.41, 5.74) is 4.01. The summed E-state index contributed by atoms with van der Waals surface area (Å²) >= 11 is 0. The van der Waals surface area contributed by atoms with Crippen LogP contribution in [0, 0.1) is 6.92 Å². The summed E-state index contributed by atoms with van der Waals surface area (Å²) in [5.74, 6) is 1.43. The third kappa shape index (κ3) is 7.14. The summed E-state index contributed by atoms with van der Waals surface area (Å²) in [5, 5.41) is 15.3. The molecule has 1 aromatic heterocycles. The third-order valence-electron chi connectivity index (χ3n) is 5.35. The summed E-state index contributed by atoms with van der Waals surface area (Å²) in [6.45, 7) is 7.06. The van der Waals surface area contributed by atoms with E-state index in [4.69, 9.17) is 19.3 Å². The number of benzene rings is 2. The maximum Gasteiger partial charge on any atom is 0.222 e. The Bertz CT molecular complexity index is 973. The van der Waals surface area contributed by atoms with Crippen LogP contribution in [-0.4, -0.2) is 65.9 Å². The monoisotopic (exact) mass is 453 g/mol. The number of aromatic nitrogens is 2. The molecule has 0 radical (unpaired) electrons. The molecule has 7 heteroatoms. The van der Waals surface area contributed by atoms with Crippen molar-refractivity contribution in [3.05, 3.63) is 65.7 Å². The molecule has 3 aromatic rings. The zero-order chi connectivity index (χ0) is 23.6. The van der Waals surface area contributed by atoms with Crippen molar-refractivity contribution in [1.29, 1.82) is 0 Å². The van der Waals surface area contributed by atoms with Crippen molar-refractivity contribution in [1.82, 2.24) is 14.7 Å². The SMILES string of the molecule is CCOCC(O)CN(CCOC)Cc1c(-c2ccccc2)nn(C)c1Oc1ccc(C)cc1. The Kier molecular flexibility index (Phi) is 9.45. The van der Waals surface area contributed by atoms with Gasteiger partial charge in [-0.05, 0) is 26.0 Å². The highest BCUT2D eigenvalue weighted by atomic mass is 16.5. The van der Waals surface area contributed by atoms with Gasteiger partial charge in [0.25, 0.3) is 0 Å². The van der Waals surface area contributed by atoms with E-state index >= 15 is 0 Å². The minimum absolute atomic E-state index is 0.297. The van der Waals surface area contributed by atoms with Gasteiger partial charge in [-0.3, -0.25) is 4.90 Å². The van der Waals surface area contributed by atoms with E-state index in [0.717, 1.165) is 22.6 Å². The number of aliphatic hydroxyl groups excluding tert-OH is 1. The van der Waals surface area contributed by atoms with Crippen molar-refractivity contribution in [2.24, 2.45) is 7.05 Å².